The molecule has 0 radical (unpaired) electrons. The van der Waals surface area contributed by atoms with Gasteiger partial charge in [0.2, 0.25) is 0 Å². The zero-order valence-electron chi connectivity index (χ0n) is 15.9. The third kappa shape index (κ3) is 5.31. The van der Waals surface area contributed by atoms with Crippen LogP contribution in [0.1, 0.15) is 31.7 Å². The number of aliphatic hydroxyl groups excluding tert-OH is 1. The lowest BCUT2D eigenvalue weighted by molar-refractivity contribution is -0.137. The van der Waals surface area contributed by atoms with Crippen molar-refractivity contribution in [3.8, 4) is 0 Å². The van der Waals surface area contributed by atoms with Crippen molar-refractivity contribution in [2.45, 2.75) is 26.2 Å². The van der Waals surface area contributed by atoms with Gasteiger partial charge in [-0.15, -0.1) is 0 Å². The zero-order valence-corrected chi connectivity index (χ0v) is 16.7. The van der Waals surface area contributed by atoms with Crippen molar-refractivity contribution in [3.63, 3.8) is 0 Å². The Morgan fingerprint density at radius 2 is 1.78 bits per heavy atom. The van der Waals surface area contributed by atoms with Crippen LogP contribution in [0.25, 0.3) is 5.57 Å². The number of benzene rings is 1. The summed E-state index contributed by atoms with van der Waals surface area (Å²) in [6.45, 7) is 3.75. The predicted molar refractivity (Wildman–Crippen MR) is 105 cm³/mol. The fraction of sp³-hybridized carbons (Fsp3) is 0.500. The van der Waals surface area contributed by atoms with Gasteiger partial charge in [-0.25, -0.2) is 0 Å². The molecule has 1 aliphatic rings. The molecule has 0 aromatic heterocycles. The normalized spacial score (nSPS) is 14.4. The second-order valence-corrected chi connectivity index (χ2v) is 6.89. The van der Waals surface area contributed by atoms with E-state index in [9.17, 15) is 14.7 Å². The van der Waals surface area contributed by atoms with E-state index in [1.807, 2.05) is 0 Å². The minimum atomic E-state index is -0.338. The molecule has 6 nitrogen and oxygen atoms in total. The van der Waals surface area contributed by atoms with Gasteiger partial charge in [0, 0.05) is 38.4 Å². The lowest BCUT2D eigenvalue weighted by Crippen LogP contribution is -2.36. The highest BCUT2D eigenvalue weighted by Crippen LogP contribution is 2.31. The van der Waals surface area contributed by atoms with Gasteiger partial charge in [0.25, 0.3) is 11.8 Å². The molecule has 2 rings (SSSR count). The molecule has 0 fully saturated rings. The van der Waals surface area contributed by atoms with Crippen LogP contribution in [0.5, 0.6) is 0 Å². The topological polar surface area (TPSA) is 70.1 Å². The number of unbranched alkanes of at least 4 members (excludes halogenated alkanes) is 1. The predicted octanol–water partition coefficient (Wildman–Crippen LogP) is 2.55. The van der Waals surface area contributed by atoms with E-state index in [0.717, 1.165) is 12.8 Å². The number of halogens is 1. The van der Waals surface area contributed by atoms with Crippen molar-refractivity contribution >= 4 is 29.0 Å². The Balaban J connectivity index is 2.17. The number of carbonyl (C=O) groups is 2. The van der Waals surface area contributed by atoms with Crippen molar-refractivity contribution in [1.82, 2.24) is 9.80 Å². The molecule has 2 amide bonds. The molecule has 0 atom stereocenters. The van der Waals surface area contributed by atoms with Gasteiger partial charge in [0.15, 0.2) is 0 Å². The van der Waals surface area contributed by atoms with Crippen molar-refractivity contribution in [1.29, 1.82) is 0 Å². The number of nitrogens with zero attached hydrogens (tertiary/aromatic N) is 2. The fourth-order valence-electron chi connectivity index (χ4n) is 2.93. The largest absolute Gasteiger partial charge is 0.395 e. The number of hydrogen-bond donors (Lipinski definition) is 1. The van der Waals surface area contributed by atoms with E-state index in [-0.39, 0.29) is 25.0 Å². The Kier molecular flexibility index (Phi) is 8.28. The molecule has 0 saturated heterocycles. The van der Waals surface area contributed by atoms with Crippen LogP contribution in [0.4, 0.5) is 0 Å². The van der Waals surface area contributed by atoms with E-state index >= 15 is 0 Å². The summed E-state index contributed by atoms with van der Waals surface area (Å²) in [7, 11) is 1.70. The second-order valence-electron chi connectivity index (χ2n) is 6.46. The molecule has 1 aromatic carbocycles. The molecule has 0 aliphatic carbocycles. The van der Waals surface area contributed by atoms with Gasteiger partial charge in [-0.2, -0.15) is 0 Å². The van der Waals surface area contributed by atoms with Crippen molar-refractivity contribution < 1.29 is 19.4 Å². The maximum atomic E-state index is 13.0. The number of ether oxygens (including phenoxy) is 1. The molecule has 0 bridgehead atoms. The summed E-state index contributed by atoms with van der Waals surface area (Å²) in [5.74, 6) is -0.662. The summed E-state index contributed by atoms with van der Waals surface area (Å²) < 4.78 is 5.52. The van der Waals surface area contributed by atoms with Gasteiger partial charge in [0.05, 0.1) is 12.2 Å². The highest BCUT2D eigenvalue weighted by Gasteiger charge is 2.40. The fourth-order valence-corrected chi connectivity index (χ4v) is 3.06. The van der Waals surface area contributed by atoms with Crippen molar-refractivity contribution in [2.24, 2.45) is 0 Å². The lowest BCUT2D eigenvalue weighted by atomic mass is 10.0. The summed E-state index contributed by atoms with van der Waals surface area (Å²) in [6.07, 6.45) is 2.66. The monoisotopic (exact) mass is 394 g/mol. The summed E-state index contributed by atoms with van der Waals surface area (Å²) in [4.78, 5) is 28.8. The molecule has 7 heteroatoms. The van der Waals surface area contributed by atoms with Crippen LogP contribution in [0.15, 0.2) is 30.0 Å². The first kappa shape index (κ1) is 21.4. The van der Waals surface area contributed by atoms with Gasteiger partial charge in [-0.1, -0.05) is 37.1 Å². The third-order valence-corrected chi connectivity index (χ3v) is 4.66. The minimum Gasteiger partial charge on any atom is -0.395 e. The quantitative estimate of drug-likeness (QED) is 0.461. The van der Waals surface area contributed by atoms with E-state index in [1.165, 1.54) is 4.90 Å². The first-order valence-electron chi connectivity index (χ1n) is 9.27. The number of likely N-dealkylation sites (N-methyl/N-ethyl adjacent to an activating group) is 1. The van der Waals surface area contributed by atoms with E-state index in [1.54, 1.807) is 36.2 Å². The number of rotatable bonds is 11. The van der Waals surface area contributed by atoms with Crippen LogP contribution in [0.2, 0.25) is 5.02 Å². The van der Waals surface area contributed by atoms with Crippen molar-refractivity contribution in [2.75, 3.05) is 40.0 Å². The molecule has 1 aromatic rings. The van der Waals surface area contributed by atoms with Gasteiger partial charge < -0.3 is 14.7 Å². The molecule has 1 heterocycles. The molecular weight excluding hydrogens is 368 g/mol. The first-order valence-corrected chi connectivity index (χ1v) is 9.65. The maximum Gasteiger partial charge on any atom is 0.277 e. The van der Waals surface area contributed by atoms with Crippen LogP contribution in [0, 0.1) is 0 Å². The Bertz CT molecular complexity index is 688. The number of imide groups is 1. The van der Waals surface area contributed by atoms with Crippen LogP contribution in [0.3, 0.4) is 0 Å². The number of aliphatic hydroxyl groups is 1. The van der Waals surface area contributed by atoms with Gasteiger partial charge >= 0.3 is 0 Å². The van der Waals surface area contributed by atoms with E-state index in [0.29, 0.717) is 48.0 Å². The van der Waals surface area contributed by atoms with Gasteiger partial charge in [-0.05, 0) is 30.5 Å². The van der Waals surface area contributed by atoms with Gasteiger partial charge in [-0.3, -0.25) is 14.5 Å². The molecular formula is C20H27ClN2O4. The highest BCUT2D eigenvalue weighted by atomic mass is 35.5. The van der Waals surface area contributed by atoms with E-state index in [2.05, 4.69) is 6.92 Å². The van der Waals surface area contributed by atoms with E-state index < -0.39 is 0 Å². The Hall–Kier alpha value is -1.89. The minimum absolute atomic E-state index is 0.110. The van der Waals surface area contributed by atoms with E-state index in [4.69, 9.17) is 16.3 Å². The molecule has 1 N–H and O–H groups in total. The second kappa shape index (κ2) is 10.4. The smallest absolute Gasteiger partial charge is 0.277 e. The highest BCUT2D eigenvalue weighted by molar-refractivity contribution is 6.36. The van der Waals surface area contributed by atoms with Crippen LogP contribution in [-0.4, -0.2) is 66.7 Å². The van der Waals surface area contributed by atoms with Gasteiger partial charge in [0.1, 0.15) is 5.70 Å². The lowest BCUT2D eigenvalue weighted by Gasteiger charge is -2.20. The molecule has 1 aliphatic heterocycles. The summed E-state index contributed by atoms with van der Waals surface area (Å²) >= 11 is 5.95. The number of carbonyl (C=O) groups excluding carboxylic acids is 2. The Morgan fingerprint density at radius 3 is 2.41 bits per heavy atom. The molecule has 148 valence electrons. The summed E-state index contributed by atoms with van der Waals surface area (Å²) in [6, 6.07) is 6.84. The SMILES string of the molecule is CCCCOCCCN1C(=O)C(c2ccc(Cl)cc2)=C(N(C)CCO)C1=O. The average molecular weight is 395 g/mol. The van der Waals surface area contributed by atoms with Crippen molar-refractivity contribution in [3.05, 3.63) is 40.5 Å². The first-order chi connectivity index (χ1) is 13.0. The average Bonchev–Trinajstić information content (AvgIpc) is 2.90. The Morgan fingerprint density at radius 1 is 1.11 bits per heavy atom. The standard InChI is InChI=1S/C20H27ClN2O4/c1-3-4-13-27-14-5-10-23-19(25)17(15-6-8-16(21)9-7-15)18(20(23)26)22(2)11-12-24/h6-9,24H,3-5,10-14H2,1-2H3. The molecule has 0 saturated carbocycles. The molecule has 27 heavy (non-hydrogen) atoms. The van der Waals surface area contributed by atoms with Crippen LogP contribution in [-0.2, 0) is 14.3 Å². The molecule has 0 spiro atoms. The summed E-state index contributed by atoms with van der Waals surface area (Å²) in [5.41, 5.74) is 1.29. The summed E-state index contributed by atoms with van der Waals surface area (Å²) in [5, 5.41) is 9.80. The number of hydrogen-bond acceptors (Lipinski definition) is 5. The van der Waals surface area contributed by atoms with Crippen LogP contribution < -0.4 is 0 Å². The zero-order chi connectivity index (χ0) is 19.8. The molecule has 0 unspecified atom stereocenters. The Labute approximate surface area is 165 Å². The third-order valence-electron chi connectivity index (χ3n) is 4.41. The maximum absolute atomic E-state index is 13.0. The van der Waals surface area contributed by atoms with Crippen LogP contribution >= 0.6 is 11.6 Å². The number of amides is 2.